The zero-order valence-electron chi connectivity index (χ0n) is 26.5. The number of nitrogens with zero attached hydrogens (tertiary/aromatic N) is 3. The summed E-state index contributed by atoms with van der Waals surface area (Å²) < 4.78 is 27.3. The van der Waals surface area contributed by atoms with E-state index in [9.17, 15) is 9.59 Å². The molecular formula is C35H36N4O7. The van der Waals surface area contributed by atoms with Gasteiger partial charge in [0.2, 0.25) is 0 Å². The first-order valence-corrected chi connectivity index (χ1v) is 14.6. The molecule has 5 rings (SSSR count). The predicted octanol–water partition coefficient (Wildman–Crippen LogP) is 5.19. The quantitative estimate of drug-likeness (QED) is 0.147. The van der Waals surface area contributed by atoms with Crippen molar-refractivity contribution in [2.75, 3.05) is 65.5 Å². The molecule has 11 heteroatoms. The Labute approximate surface area is 267 Å². The van der Waals surface area contributed by atoms with E-state index in [4.69, 9.17) is 23.7 Å². The largest absolute Gasteiger partial charge is 0.493 e. The van der Waals surface area contributed by atoms with Gasteiger partial charge in [0.05, 0.1) is 33.5 Å². The van der Waals surface area contributed by atoms with Crippen LogP contribution in [0.2, 0.25) is 0 Å². The van der Waals surface area contributed by atoms with Crippen LogP contribution in [0.1, 0.15) is 11.1 Å². The molecule has 1 aliphatic carbocycles. The van der Waals surface area contributed by atoms with Crippen LogP contribution in [0.5, 0.6) is 23.0 Å². The predicted molar refractivity (Wildman–Crippen MR) is 177 cm³/mol. The molecule has 0 aliphatic heterocycles. The fraction of sp³-hybridized carbons (Fsp3) is 0.257. The summed E-state index contributed by atoms with van der Waals surface area (Å²) in [6.07, 6.45) is 6.13. The Hall–Kier alpha value is -5.42. The van der Waals surface area contributed by atoms with Gasteiger partial charge in [0.25, 0.3) is 0 Å². The van der Waals surface area contributed by atoms with Crippen LogP contribution >= 0.6 is 0 Å². The van der Waals surface area contributed by atoms with Gasteiger partial charge in [-0.25, -0.2) is 9.97 Å². The first-order chi connectivity index (χ1) is 22.3. The molecule has 0 saturated heterocycles. The number of hydrogen-bond acceptors (Lipinski definition) is 11. The average Bonchev–Trinajstić information content (AvgIpc) is 3.08. The number of nitrogens with one attached hydrogen (secondary N) is 1. The van der Waals surface area contributed by atoms with Crippen molar-refractivity contribution >= 4 is 45.2 Å². The van der Waals surface area contributed by atoms with Crippen molar-refractivity contribution in [3.8, 4) is 23.0 Å². The fourth-order valence-corrected chi connectivity index (χ4v) is 5.14. The molecule has 46 heavy (non-hydrogen) atoms. The molecule has 0 amide bonds. The molecule has 1 aromatic heterocycles. The third-order valence-electron chi connectivity index (χ3n) is 7.56. The molecule has 4 aromatic rings. The summed E-state index contributed by atoms with van der Waals surface area (Å²) in [6, 6.07) is 15.1. The van der Waals surface area contributed by atoms with Gasteiger partial charge in [-0.2, -0.15) is 0 Å². The highest BCUT2D eigenvalue weighted by Gasteiger charge is 2.21. The third kappa shape index (κ3) is 7.10. The first kappa shape index (κ1) is 32.0. The Morgan fingerprint density at radius 2 is 1.59 bits per heavy atom. The number of ketones is 2. The fourth-order valence-electron chi connectivity index (χ4n) is 5.14. The number of likely N-dealkylation sites (N-methyl/N-ethyl adjacent to an activating group) is 1. The van der Waals surface area contributed by atoms with Gasteiger partial charge in [0.15, 0.2) is 34.6 Å². The molecule has 0 bridgehead atoms. The lowest BCUT2D eigenvalue weighted by molar-refractivity contribution is -0.113. The standard InChI is InChI=1S/C35H36N4O7/c1-39(13-12-22-6-11-31(43-3)32(16-22)44-4)29-9-7-23(17-25(29)26-18-24(40)8-10-30(26)41)38-35-27-19-33(45-5)34(46-15-14-42-2)20-28(27)36-21-37-35/h6-11,16-21H,12-15H2,1-5H3,(H,36,37,38). The lowest BCUT2D eigenvalue weighted by Crippen LogP contribution is -2.22. The van der Waals surface area contributed by atoms with Gasteiger partial charge in [0, 0.05) is 54.7 Å². The number of fused-ring (bicyclic) bond motifs is 1. The van der Waals surface area contributed by atoms with Crippen molar-refractivity contribution < 1.29 is 33.3 Å². The maximum absolute atomic E-state index is 13.0. The van der Waals surface area contributed by atoms with Crippen molar-refractivity contribution in [3.05, 3.63) is 84.2 Å². The zero-order valence-corrected chi connectivity index (χ0v) is 26.5. The second kappa shape index (κ2) is 14.6. The van der Waals surface area contributed by atoms with Gasteiger partial charge < -0.3 is 33.9 Å². The number of anilines is 3. The molecule has 0 fully saturated rings. The van der Waals surface area contributed by atoms with E-state index in [1.807, 2.05) is 49.5 Å². The van der Waals surface area contributed by atoms with Crippen molar-refractivity contribution in [2.24, 2.45) is 0 Å². The molecule has 1 N–H and O–H groups in total. The molecule has 1 heterocycles. The highest BCUT2D eigenvalue weighted by molar-refractivity contribution is 6.34. The Bertz CT molecular complexity index is 1820. The molecular weight excluding hydrogens is 588 g/mol. The van der Waals surface area contributed by atoms with Crippen LogP contribution in [0.25, 0.3) is 16.5 Å². The van der Waals surface area contributed by atoms with Crippen LogP contribution in [0, 0.1) is 0 Å². The van der Waals surface area contributed by atoms with Crippen LogP contribution in [-0.2, 0) is 20.7 Å². The first-order valence-electron chi connectivity index (χ1n) is 14.6. The lowest BCUT2D eigenvalue weighted by Gasteiger charge is -2.25. The number of benzene rings is 3. The van der Waals surface area contributed by atoms with Gasteiger partial charge in [-0.15, -0.1) is 0 Å². The zero-order chi connectivity index (χ0) is 32.6. The number of hydrogen-bond donors (Lipinski definition) is 1. The lowest BCUT2D eigenvalue weighted by atomic mass is 9.94. The van der Waals surface area contributed by atoms with E-state index >= 15 is 0 Å². The number of carbonyl (C=O) groups excluding carboxylic acids is 2. The second-order valence-corrected chi connectivity index (χ2v) is 10.5. The summed E-state index contributed by atoms with van der Waals surface area (Å²) in [4.78, 5) is 36.4. The molecule has 3 aromatic carbocycles. The number of methoxy groups -OCH3 is 4. The smallest absolute Gasteiger partial charge is 0.186 e. The Morgan fingerprint density at radius 1 is 0.804 bits per heavy atom. The molecule has 0 saturated carbocycles. The summed E-state index contributed by atoms with van der Waals surface area (Å²) in [5.41, 5.74) is 4.11. The molecule has 0 unspecified atom stereocenters. The monoisotopic (exact) mass is 624 g/mol. The maximum atomic E-state index is 13.0. The number of aromatic nitrogens is 2. The van der Waals surface area contributed by atoms with Crippen molar-refractivity contribution in [1.29, 1.82) is 0 Å². The number of carbonyl (C=O) groups is 2. The van der Waals surface area contributed by atoms with Gasteiger partial charge in [-0.3, -0.25) is 9.59 Å². The summed E-state index contributed by atoms with van der Waals surface area (Å²) >= 11 is 0. The topological polar surface area (TPSA) is 121 Å². The van der Waals surface area contributed by atoms with Gasteiger partial charge in [-0.05, 0) is 66.6 Å². The SMILES string of the molecule is COCCOc1cc2ncnc(Nc3ccc(N(C)CCc4ccc(OC)c(OC)c4)c(C4=CC(=O)C=CC4=O)c3)c2cc1OC. The molecule has 11 nitrogen and oxygen atoms in total. The number of rotatable bonds is 14. The van der Waals surface area contributed by atoms with Crippen molar-refractivity contribution in [1.82, 2.24) is 9.97 Å². The number of ether oxygens (including phenoxy) is 5. The number of allylic oxidation sites excluding steroid dienone is 4. The summed E-state index contributed by atoms with van der Waals surface area (Å²) in [7, 11) is 8.34. The van der Waals surface area contributed by atoms with Gasteiger partial charge in [-0.1, -0.05) is 6.07 Å². The van der Waals surface area contributed by atoms with Crippen LogP contribution in [0.4, 0.5) is 17.2 Å². The van der Waals surface area contributed by atoms with Crippen molar-refractivity contribution in [2.45, 2.75) is 6.42 Å². The van der Waals surface area contributed by atoms with E-state index in [1.54, 1.807) is 34.5 Å². The highest BCUT2D eigenvalue weighted by Crippen LogP contribution is 2.37. The highest BCUT2D eigenvalue weighted by atomic mass is 16.5. The average molecular weight is 625 g/mol. The molecule has 1 aliphatic rings. The molecule has 0 spiro atoms. The second-order valence-electron chi connectivity index (χ2n) is 10.5. The third-order valence-corrected chi connectivity index (χ3v) is 7.56. The van der Waals surface area contributed by atoms with Gasteiger partial charge >= 0.3 is 0 Å². The minimum absolute atomic E-state index is 0.246. The van der Waals surface area contributed by atoms with Crippen LogP contribution in [0.3, 0.4) is 0 Å². The van der Waals surface area contributed by atoms with E-state index in [-0.39, 0.29) is 11.6 Å². The minimum Gasteiger partial charge on any atom is -0.493 e. The maximum Gasteiger partial charge on any atom is 0.186 e. The van der Waals surface area contributed by atoms with Crippen LogP contribution < -0.4 is 29.2 Å². The Balaban J connectivity index is 1.47. The summed E-state index contributed by atoms with van der Waals surface area (Å²) in [6.45, 7) is 1.42. The van der Waals surface area contributed by atoms with E-state index in [2.05, 4.69) is 20.2 Å². The van der Waals surface area contributed by atoms with E-state index < -0.39 is 0 Å². The minimum atomic E-state index is -0.246. The Kier molecular flexibility index (Phi) is 10.1. The van der Waals surface area contributed by atoms with Crippen LogP contribution in [-0.4, -0.2) is 76.8 Å². The normalized spacial score (nSPS) is 12.6. The molecule has 238 valence electrons. The van der Waals surface area contributed by atoms with Crippen LogP contribution in [0.15, 0.2) is 73.1 Å². The van der Waals surface area contributed by atoms with Crippen molar-refractivity contribution in [3.63, 3.8) is 0 Å². The molecule has 0 radical (unpaired) electrons. The van der Waals surface area contributed by atoms with E-state index in [0.29, 0.717) is 82.7 Å². The Morgan fingerprint density at radius 3 is 2.35 bits per heavy atom. The summed E-state index contributed by atoms with van der Waals surface area (Å²) in [5.74, 6) is 2.43. The van der Waals surface area contributed by atoms with Gasteiger partial charge in [0.1, 0.15) is 18.8 Å². The van der Waals surface area contributed by atoms with E-state index in [1.165, 1.54) is 24.6 Å². The summed E-state index contributed by atoms with van der Waals surface area (Å²) in [5, 5.41) is 4.08. The van der Waals surface area contributed by atoms with E-state index in [0.717, 1.165) is 11.3 Å². The molecule has 0 atom stereocenters.